The molecule has 1 aliphatic rings. The van der Waals surface area contributed by atoms with E-state index in [1.807, 2.05) is 13.0 Å². The van der Waals surface area contributed by atoms with Gasteiger partial charge in [0.2, 0.25) is 11.8 Å². The Bertz CT molecular complexity index is 1460. The summed E-state index contributed by atoms with van der Waals surface area (Å²) in [6.45, 7) is 3.82. The second-order valence-electron chi connectivity index (χ2n) is 8.43. The summed E-state index contributed by atoms with van der Waals surface area (Å²) in [5.41, 5.74) is 1.87. The van der Waals surface area contributed by atoms with Crippen LogP contribution in [0, 0.1) is 12.7 Å². The minimum atomic E-state index is -3.99. The average molecular weight is 510 g/mol. The molecule has 13 heteroatoms. The van der Waals surface area contributed by atoms with E-state index in [9.17, 15) is 12.8 Å². The lowest BCUT2D eigenvalue weighted by Crippen LogP contribution is -2.31. The third-order valence-corrected chi connectivity index (χ3v) is 7.10. The smallest absolute Gasteiger partial charge is 0.261 e. The van der Waals surface area contributed by atoms with Crippen molar-refractivity contribution in [3.05, 3.63) is 60.0 Å². The topological polar surface area (TPSA) is 142 Å². The Kier molecular flexibility index (Phi) is 6.46. The van der Waals surface area contributed by atoms with Gasteiger partial charge in [0.25, 0.3) is 10.0 Å². The van der Waals surface area contributed by atoms with Crippen molar-refractivity contribution in [2.45, 2.75) is 31.1 Å². The van der Waals surface area contributed by atoms with Gasteiger partial charge in [-0.15, -0.1) is 10.2 Å². The van der Waals surface area contributed by atoms with Crippen LogP contribution < -0.4 is 14.9 Å². The molecular formula is C23H24FN9O2S. The molecule has 0 radical (unpaired) electrons. The maximum Gasteiger partial charge on any atom is 0.261 e. The predicted molar refractivity (Wildman–Crippen MR) is 133 cm³/mol. The highest BCUT2D eigenvalue weighted by Crippen LogP contribution is 2.26. The van der Waals surface area contributed by atoms with Crippen molar-refractivity contribution in [1.82, 2.24) is 30.6 Å². The van der Waals surface area contributed by atoms with Crippen LogP contribution in [0.2, 0.25) is 0 Å². The van der Waals surface area contributed by atoms with Crippen molar-refractivity contribution in [3.63, 3.8) is 0 Å². The van der Waals surface area contributed by atoms with E-state index in [0.29, 0.717) is 17.5 Å². The monoisotopic (exact) mass is 509 g/mol. The molecule has 2 aromatic heterocycles. The molecule has 186 valence electrons. The number of tetrazole rings is 1. The Morgan fingerprint density at radius 2 is 1.72 bits per heavy atom. The van der Waals surface area contributed by atoms with Crippen LogP contribution in [-0.2, 0) is 10.0 Å². The van der Waals surface area contributed by atoms with Crippen LogP contribution in [0.25, 0.3) is 11.4 Å². The highest BCUT2D eigenvalue weighted by Gasteiger charge is 2.19. The summed E-state index contributed by atoms with van der Waals surface area (Å²) in [4.78, 5) is 11.3. The molecule has 0 amide bonds. The summed E-state index contributed by atoms with van der Waals surface area (Å²) in [5, 5.41) is 16.3. The van der Waals surface area contributed by atoms with E-state index >= 15 is 0 Å². The molecule has 4 aromatic rings. The number of benzene rings is 2. The van der Waals surface area contributed by atoms with E-state index < -0.39 is 15.8 Å². The molecule has 0 bridgehead atoms. The lowest BCUT2D eigenvalue weighted by molar-refractivity contribution is 0.568. The summed E-state index contributed by atoms with van der Waals surface area (Å²) in [6, 6.07) is 12.0. The third-order valence-electron chi connectivity index (χ3n) is 5.73. The standard InChI is InChI=1S/C23H24FN9O2S/c1-15-13-21(27-23(25-15)33-11-3-2-4-12-33)26-16-5-7-17(8-6-16)30-36(34,35)18-9-10-20(24)19(14-18)22-28-31-32-29-22/h5-10,13-14,30H,2-4,11-12H2,1H3,(H,25,26,27)(H,28,29,31,32). The van der Waals surface area contributed by atoms with E-state index in [2.05, 4.69) is 45.5 Å². The number of hydrogen-bond donors (Lipinski definition) is 3. The van der Waals surface area contributed by atoms with E-state index in [4.69, 9.17) is 0 Å². The number of nitrogens with one attached hydrogen (secondary N) is 3. The Balaban J connectivity index is 1.30. The van der Waals surface area contributed by atoms with Gasteiger partial charge in [-0.25, -0.2) is 17.8 Å². The van der Waals surface area contributed by atoms with Crippen LogP contribution >= 0.6 is 0 Å². The van der Waals surface area contributed by atoms with Crippen molar-refractivity contribution in [1.29, 1.82) is 0 Å². The number of aryl methyl sites for hydroxylation is 1. The lowest BCUT2D eigenvalue weighted by atomic mass is 10.1. The normalized spacial score (nSPS) is 14.0. The molecule has 1 aliphatic heterocycles. The zero-order chi connectivity index (χ0) is 25.1. The van der Waals surface area contributed by atoms with Crippen LogP contribution in [0.5, 0.6) is 0 Å². The molecule has 0 atom stereocenters. The number of piperidine rings is 1. The number of hydrogen-bond acceptors (Lipinski definition) is 9. The van der Waals surface area contributed by atoms with Gasteiger partial charge >= 0.3 is 0 Å². The van der Waals surface area contributed by atoms with Crippen LogP contribution in [0.1, 0.15) is 25.0 Å². The highest BCUT2D eigenvalue weighted by atomic mass is 32.2. The Hall–Kier alpha value is -4.13. The first kappa shape index (κ1) is 23.6. The number of halogens is 1. The number of H-pyrrole nitrogens is 1. The summed E-state index contributed by atoms with van der Waals surface area (Å²) in [6.07, 6.45) is 3.49. The minimum Gasteiger partial charge on any atom is -0.341 e. The Morgan fingerprint density at radius 1 is 0.972 bits per heavy atom. The number of aromatic nitrogens is 6. The van der Waals surface area contributed by atoms with E-state index in [0.717, 1.165) is 49.4 Å². The maximum atomic E-state index is 14.2. The van der Waals surface area contributed by atoms with E-state index in [-0.39, 0.29) is 16.3 Å². The fraction of sp³-hybridized carbons (Fsp3) is 0.261. The van der Waals surface area contributed by atoms with Crippen molar-refractivity contribution in [2.24, 2.45) is 0 Å². The zero-order valence-electron chi connectivity index (χ0n) is 19.4. The molecule has 0 saturated carbocycles. The number of aromatic amines is 1. The molecular weight excluding hydrogens is 485 g/mol. The molecule has 0 aliphatic carbocycles. The van der Waals surface area contributed by atoms with Gasteiger partial charge in [0.15, 0.2) is 0 Å². The SMILES string of the molecule is Cc1cc(Nc2ccc(NS(=O)(=O)c3ccc(F)c(-c4nn[nH]n4)c3)cc2)nc(N2CCCCC2)n1. The second kappa shape index (κ2) is 9.85. The number of nitrogens with zero attached hydrogens (tertiary/aromatic N) is 6. The highest BCUT2D eigenvalue weighted by molar-refractivity contribution is 7.92. The summed E-state index contributed by atoms with van der Waals surface area (Å²) in [7, 11) is -3.99. The molecule has 1 fully saturated rings. The van der Waals surface area contributed by atoms with Crippen molar-refractivity contribution < 1.29 is 12.8 Å². The van der Waals surface area contributed by atoms with Crippen molar-refractivity contribution in [2.75, 3.05) is 28.0 Å². The Labute approximate surface area is 207 Å². The summed E-state index contributed by atoms with van der Waals surface area (Å²) >= 11 is 0. The van der Waals surface area contributed by atoms with Crippen molar-refractivity contribution in [3.8, 4) is 11.4 Å². The molecule has 3 N–H and O–H groups in total. The van der Waals surface area contributed by atoms with E-state index in [1.54, 1.807) is 24.3 Å². The molecule has 0 unspecified atom stereocenters. The number of rotatable bonds is 7. The van der Waals surface area contributed by atoms with Crippen molar-refractivity contribution >= 4 is 33.2 Å². The third kappa shape index (κ3) is 5.25. The van der Waals surface area contributed by atoms with Gasteiger partial charge in [0.05, 0.1) is 10.5 Å². The Morgan fingerprint density at radius 3 is 2.44 bits per heavy atom. The molecule has 3 heterocycles. The first-order valence-corrected chi connectivity index (χ1v) is 12.9. The van der Waals surface area contributed by atoms with Crippen LogP contribution in [-0.4, -0.2) is 52.1 Å². The lowest BCUT2D eigenvalue weighted by Gasteiger charge is -2.27. The number of sulfonamides is 1. The predicted octanol–water partition coefficient (Wildman–Crippen LogP) is 3.64. The molecule has 0 spiro atoms. The fourth-order valence-corrected chi connectivity index (χ4v) is 5.04. The van der Waals surface area contributed by atoms with E-state index in [1.165, 1.54) is 12.5 Å². The van der Waals surface area contributed by atoms with Gasteiger partial charge in [-0.05, 0) is 73.9 Å². The van der Waals surface area contributed by atoms with Gasteiger partial charge in [-0.2, -0.15) is 10.2 Å². The molecule has 11 nitrogen and oxygen atoms in total. The van der Waals surface area contributed by atoms with Gasteiger partial charge < -0.3 is 10.2 Å². The quantitative estimate of drug-likeness (QED) is 0.340. The maximum absolute atomic E-state index is 14.2. The molecule has 5 rings (SSSR count). The first-order valence-electron chi connectivity index (χ1n) is 11.4. The fourth-order valence-electron chi connectivity index (χ4n) is 3.95. The van der Waals surface area contributed by atoms with Gasteiger partial charge in [-0.1, -0.05) is 0 Å². The minimum absolute atomic E-state index is 0.0385. The number of anilines is 4. The van der Waals surface area contributed by atoms with Gasteiger partial charge in [-0.3, -0.25) is 4.72 Å². The first-order chi connectivity index (χ1) is 17.4. The largest absolute Gasteiger partial charge is 0.341 e. The van der Waals surface area contributed by atoms with Crippen LogP contribution in [0.15, 0.2) is 53.4 Å². The van der Waals surface area contributed by atoms with Crippen LogP contribution in [0.3, 0.4) is 0 Å². The molecule has 36 heavy (non-hydrogen) atoms. The second-order valence-corrected chi connectivity index (χ2v) is 10.1. The zero-order valence-corrected chi connectivity index (χ0v) is 20.3. The van der Waals surface area contributed by atoms with Gasteiger partial charge in [0, 0.05) is 36.2 Å². The van der Waals surface area contributed by atoms with Crippen LogP contribution in [0.4, 0.5) is 27.5 Å². The molecule has 1 saturated heterocycles. The summed E-state index contributed by atoms with van der Waals surface area (Å²) < 4.78 is 42.5. The molecule has 2 aromatic carbocycles. The average Bonchev–Trinajstić information content (AvgIpc) is 3.40. The summed E-state index contributed by atoms with van der Waals surface area (Å²) in [5.74, 6) is 0.676. The van der Waals surface area contributed by atoms with Gasteiger partial charge in [0.1, 0.15) is 11.6 Å².